The zero-order valence-electron chi connectivity index (χ0n) is 13.0. The molecule has 1 amide bonds. The van der Waals surface area contributed by atoms with E-state index in [4.69, 9.17) is 28.5 Å². The molecular weight excluding hydrogens is 343 g/mol. The molecule has 122 valence electrons. The lowest BCUT2D eigenvalue weighted by Crippen LogP contribution is -2.32. The van der Waals surface area contributed by atoms with Gasteiger partial charge in [-0.05, 0) is 35.4 Å². The fourth-order valence-corrected chi connectivity index (χ4v) is 2.81. The summed E-state index contributed by atoms with van der Waals surface area (Å²) in [5.41, 5.74) is 2.15. The number of nitriles is 1. The summed E-state index contributed by atoms with van der Waals surface area (Å²) < 4.78 is 0. The fourth-order valence-electron chi connectivity index (χ4n) is 2.28. The molecule has 5 heteroatoms. The molecule has 0 atom stereocenters. The number of benzene rings is 2. The van der Waals surface area contributed by atoms with Crippen LogP contribution in [0.1, 0.15) is 16.7 Å². The van der Waals surface area contributed by atoms with E-state index in [0.29, 0.717) is 34.3 Å². The first-order valence-electron chi connectivity index (χ1n) is 7.35. The first-order chi connectivity index (χ1) is 11.5. The minimum Gasteiger partial charge on any atom is -0.334 e. The maximum absolute atomic E-state index is 12.6. The Bertz CT molecular complexity index is 759. The van der Waals surface area contributed by atoms with E-state index in [2.05, 4.69) is 12.6 Å². The van der Waals surface area contributed by atoms with Crippen LogP contribution in [0.5, 0.6) is 0 Å². The minimum atomic E-state index is -0.0886. The number of carbonyl (C=O) groups is 1. The van der Waals surface area contributed by atoms with Gasteiger partial charge in [-0.3, -0.25) is 4.79 Å². The topological polar surface area (TPSA) is 44.1 Å². The highest BCUT2D eigenvalue weighted by Gasteiger charge is 2.17. The first-order valence-corrected chi connectivity index (χ1v) is 8.11. The highest BCUT2D eigenvalue weighted by atomic mass is 35.5. The summed E-state index contributed by atoms with van der Waals surface area (Å²) in [7, 11) is 0. The van der Waals surface area contributed by atoms with Crippen molar-refractivity contribution in [3.05, 3.63) is 81.9 Å². The zero-order valence-corrected chi connectivity index (χ0v) is 14.5. The van der Waals surface area contributed by atoms with Crippen LogP contribution in [-0.4, -0.2) is 17.4 Å². The van der Waals surface area contributed by atoms with Crippen molar-refractivity contribution in [2.45, 2.75) is 13.0 Å². The van der Waals surface area contributed by atoms with Gasteiger partial charge < -0.3 is 4.90 Å². The lowest BCUT2D eigenvalue weighted by molar-refractivity contribution is -0.130. The van der Waals surface area contributed by atoms with Crippen LogP contribution in [0.25, 0.3) is 0 Å². The van der Waals surface area contributed by atoms with Gasteiger partial charge >= 0.3 is 0 Å². The molecule has 0 heterocycles. The van der Waals surface area contributed by atoms with Crippen LogP contribution in [-0.2, 0) is 17.8 Å². The van der Waals surface area contributed by atoms with Gasteiger partial charge in [0, 0.05) is 23.1 Å². The Morgan fingerprint density at radius 2 is 1.79 bits per heavy atom. The Labute approximate surface area is 151 Å². The van der Waals surface area contributed by atoms with E-state index in [1.807, 2.05) is 12.1 Å². The Morgan fingerprint density at radius 3 is 2.33 bits per heavy atom. The van der Waals surface area contributed by atoms with Crippen LogP contribution in [0.4, 0.5) is 0 Å². The van der Waals surface area contributed by atoms with Crippen molar-refractivity contribution in [1.82, 2.24) is 4.90 Å². The number of carbonyl (C=O) groups excluding carboxylic acids is 1. The standard InChI is InChI=1S/C19H16Cl2N2O/c1-2-10-23(13-15-8-6-14(12-22)7-9-15)19(24)11-16-17(20)4-3-5-18(16)21/h2-9H,1,10-11,13H2. The van der Waals surface area contributed by atoms with E-state index in [-0.39, 0.29) is 12.3 Å². The van der Waals surface area contributed by atoms with E-state index < -0.39 is 0 Å². The minimum absolute atomic E-state index is 0.0886. The summed E-state index contributed by atoms with van der Waals surface area (Å²) in [5.74, 6) is -0.0886. The number of halogens is 2. The Balaban J connectivity index is 2.15. The van der Waals surface area contributed by atoms with Crippen molar-refractivity contribution >= 4 is 29.1 Å². The van der Waals surface area contributed by atoms with E-state index in [9.17, 15) is 4.79 Å². The maximum atomic E-state index is 12.6. The summed E-state index contributed by atoms with van der Waals surface area (Å²) in [5, 5.41) is 9.80. The van der Waals surface area contributed by atoms with Gasteiger partial charge in [-0.1, -0.05) is 47.5 Å². The smallest absolute Gasteiger partial charge is 0.227 e. The van der Waals surface area contributed by atoms with E-state index >= 15 is 0 Å². The molecule has 0 saturated carbocycles. The molecule has 0 bridgehead atoms. The maximum Gasteiger partial charge on any atom is 0.227 e. The van der Waals surface area contributed by atoms with E-state index in [1.165, 1.54) is 0 Å². The summed E-state index contributed by atoms with van der Waals surface area (Å²) >= 11 is 12.3. The Morgan fingerprint density at radius 1 is 1.17 bits per heavy atom. The zero-order chi connectivity index (χ0) is 17.5. The van der Waals surface area contributed by atoms with Gasteiger partial charge in [0.05, 0.1) is 18.1 Å². The number of hydrogen-bond acceptors (Lipinski definition) is 2. The number of amides is 1. The normalized spacial score (nSPS) is 10.0. The predicted octanol–water partition coefficient (Wildman–Crippen LogP) is 4.62. The van der Waals surface area contributed by atoms with Crippen LogP contribution >= 0.6 is 23.2 Å². The largest absolute Gasteiger partial charge is 0.334 e. The van der Waals surface area contributed by atoms with Gasteiger partial charge in [-0.15, -0.1) is 6.58 Å². The lowest BCUT2D eigenvalue weighted by atomic mass is 10.1. The third-order valence-electron chi connectivity index (χ3n) is 3.55. The number of nitrogens with zero attached hydrogens (tertiary/aromatic N) is 2. The molecule has 0 aromatic heterocycles. The first kappa shape index (κ1) is 18.1. The van der Waals surface area contributed by atoms with Crippen molar-refractivity contribution in [1.29, 1.82) is 5.26 Å². The average Bonchev–Trinajstić information content (AvgIpc) is 2.58. The molecule has 0 aliphatic rings. The van der Waals surface area contributed by atoms with Crippen molar-refractivity contribution in [2.24, 2.45) is 0 Å². The Hall–Kier alpha value is -2.28. The van der Waals surface area contributed by atoms with Crippen LogP contribution in [0, 0.1) is 11.3 Å². The van der Waals surface area contributed by atoms with Crippen molar-refractivity contribution in [3.63, 3.8) is 0 Å². The highest BCUT2D eigenvalue weighted by molar-refractivity contribution is 6.36. The lowest BCUT2D eigenvalue weighted by Gasteiger charge is -2.22. The molecule has 3 nitrogen and oxygen atoms in total. The third-order valence-corrected chi connectivity index (χ3v) is 4.26. The molecule has 2 aromatic rings. The van der Waals surface area contributed by atoms with Gasteiger partial charge in [-0.2, -0.15) is 5.26 Å². The third kappa shape index (κ3) is 4.61. The number of rotatable bonds is 6. The highest BCUT2D eigenvalue weighted by Crippen LogP contribution is 2.25. The van der Waals surface area contributed by atoms with E-state index in [1.54, 1.807) is 41.3 Å². The molecule has 0 spiro atoms. The predicted molar refractivity (Wildman–Crippen MR) is 96.9 cm³/mol. The van der Waals surface area contributed by atoms with Crippen molar-refractivity contribution < 1.29 is 4.79 Å². The van der Waals surface area contributed by atoms with Crippen LogP contribution in [0.15, 0.2) is 55.1 Å². The number of hydrogen-bond donors (Lipinski definition) is 0. The van der Waals surface area contributed by atoms with Crippen LogP contribution in [0.3, 0.4) is 0 Å². The monoisotopic (exact) mass is 358 g/mol. The van der Waals surface area contributed by atoms with Gasteiger partial charge in [0.1, 0.15) is 0 Å². The van der Waals surface area contributed by atoms with Crippen molar-refractivity contribution in [2.75, 3.05) is 6.54 Å². The summed E-state index contributed by atoms with van der Waals surface area (Å²) in [6.07, 6.45) is 1.80. The van der Waals surface area contributed by atoms with Gasteiger partial charge in [0.25, 0.3) is 0 Å². The molecule has 0 N–H and O–H groups in total. The molecule has 2 rings (SSSR count). The van der Waals surface area contributed by atoms with Gasteiger partial charge in [-0.25, -0.2) is 0 Å². The van der Waals surface area contributed by atoms with Crippen LogP contribution in [0.2, 0.25) is 10.0 Å². The molecule has 24 heavy (non-hydrogen) atoms. The molecule has 0 fully saturated rings. The molecule has 0 saturated heterocycles. The fraction of sp³-hybridized carbons (Fsp3) is 0.158. The molecule has 0 aliphatic heterocycles. The summed E-state index contributed by atoms with van der Waals surface area (Å²) in [6, 6.07) is 14.4. The van der Waals surface area contributed by atoms with Gasteiger partial charge in [0.15, 0.2) is 0 Å². The molecule has 0 unspecified atom stereocenters. The second kappa shape index (κ2) is 8.54. The van der Waals surface area contributed by atoms with E-state index in [0.717, 1.165) is 5.56 Å². The van der Waals surface area contributed by atoms with Crippen LogP contribution < -0.4 is 0 Å². The SMILES string of the molecule is C=CCN(Cc1ccc(C#N)cc1)C(=O)Cc1c(Cl)cccc1Cl. The molecule has 2 aromatic carbocycles. The second-order valence-corrected chi connectivity index (χ2v) is 6.06. The van der Waals surface area contributed by atoms with Crippen molar-refractivity contribution in [3.8, 4) is 6.07 Å². The molecule has 0 aliphatic carbocycles. The summed E-state index contributed by atoms with van der Waals surface area (Å²) in [4.78, 5) is 14.3. The molecule has 0 radical (unpaired) electrons. The summed E-state index contributed by atoms with van der Waals surface area (Å²) in [6.45, 7) is 4.55. The second-order valence-electron chi connectivity index (χ2n) is 5.25. The quantitative estimate of drug-likeness (QED) is 0.707. The molecular formula is C19H16Cl2N2O. The Kier molecular flexibility index (Phi) is 6.43. The average molecular weight is 359 g/mol. The van der Waals surface area contributed by atoms with Gasteiger partial charge in [0.2, 0.25) is 5.91 Å².